The molecule has 5 heteroatoms. The molecule has 5 nitrogen and oxygen atoms in total. The quantitative estimate of drug-likeness (QED) is 0.754. The van der Waals surface area contributed by atoms with E-state index in [1.807, 2.05) is 49.5 Å². The number of rotatable bonds is 5. The highest BCUT2D eigenvalue weighted by atomic mass is 16.3. The maximum atomic E-state index is 10.4. The summed E-state index contributed by atoms with van der Waals surface area (Å²) in [6, 6.07) is 11.9. The fourth-order valence-electron chi connectivity index (χ4n) is 2.48. The number of nitrogens with one attached hydrogen (secondary N) is 1. The highest BCUT2D eigenvalue weighted by molar-refractivity contribution is 5.89. The Morgan fingerprint density at radius 2 is 2.10 bits per heavy atom. The van der Waals surface area contributed by atoms with Crippen molar-refractivity contribution < 1.29 is 5.11 Å². The van der Waals surface area contributed by atoms with E-state index >= 15 is 0 Å². The third-order valence-electron chi connectivity index (χ3n) is 3.66. The second-order valence-corrected chi connectivity index (χ2v) is 5.07. The first kappa shape index (κ1) is 13.6. The van der Waals surface area contributed by atoms with Gasteiger partial charge in [-0.3, -0.25) is 4.68 Å². The Morgan fingerprint density at radius 1 is 1.24 bits per heavy atom. The van der Waals surface area contributed by atoms with Crippen molar-refractivity contribution in [3.8, 4) is 5.75 Å². The van der Waals surface area contributed by atoms with Gasteiger partial charge in [0.1, 0.15) is 5.75 Å². The van der Waals surface area contributed by atoms with Crippen molar-refractivity contribution >= 4 is 10.8 Å². The lowest BCUT2D eigenvalue weighted by Gasteiger charge is -2.16. The van der Waals surface area contributed by atoms with Crippen molar-refractivity contribution in [2.75, 3.05) is 6.54 Å². The molecule has 0 spiro atoms. The van der Waals surface area contributed by atoms with E-state index in [2.05, 4.69) is 15.6 Å². The molecule has 21 heavy (non-hydrogen) atoms. The van der Waals surface area contributed by atoms with Gasteiger partial charge in [-0.05, 0) is 12.3 Å². The van der Waals surface area contributed by atoms with Gasteiger partial charge in [-0.25, -0.2) is 0 Å². The molecule has 0 amide bonds. The lowest BCUT2D eigenvalue weighted by molar-refractivity contribution is 0.450. The molecule has 1 atom stereocenters. The van der Waals surface area contributed by atoms with Crippen LogP contribution in [0.5, 0.6) is 5.75 Å². The summed E-state index contributed by atoms with van der Waals surface area (Å²) in [4.78, 5) is 0. The van der Waals surface area contributed by atoms with Gasteiger partial charge in [0.05, 0.1) is 12.7 Å². The van der Waals surface area contributed by atoms with Crippen LogP contribution < -0.4 is 5.32 Å². The predicted octanol–water partition coefficient (Wildman–Crippen LogP) is 2.49. The third-order valence-corrected chi connectivity index (χ3v) is 3.66. The summed E-state index contributed by atoms with van der Waals surface area (Å²) in [7, 11) is 0. The normalized spacial score (nSPS) is 12.6. The summed E-state index contributed by atoms with van der Waals surface area (Å²) in [6.45, 7) is 3.56. The molecule has 3 rings (SSSR count). The Kier molecular flexibility index (Phi) is 3.83. The van der Waals surface area contributed by atoms with Crippen LogP contribution in [0.4, 0.5) is 0 Å². The summed E-state index contributed by atoms with van der Waals surface area (Å²) < 4.78 is 1.78. The minimum atomic E-state index is 0.0677. The van der Waals surface area contributed by atoms with Crippen LogP contribution in [0, 0.1) is 0 Å². The summed E-state index contributed by atoms with van der Waals surface area (Å²) in [6.07, 6.45) is 3.50. The monoisotopic (exact) mass is 282 g/mol. The van der Waals surface area contributed by atoms with Crippen molar-refractivity contribution in [2.24, 2.45) is 0 Å². The molecule has 0 radical (unpaired) electrons. The Hall–Kier alpha value is -2.40. The number of benzene rings is 2. The van der Waals surface area contributed by atoms with E-state index in [1.54, 1.807) is 10.9 Å². The van der Waals surface area contributed by atoms with Gasteiger partial charge in [0.15, 0.2) is 0 Å². The zero-order chi connectivity index (χ0) is 14.7. The van der Waals surface area contributed by atoms with Crippen molar-refractivity contribution in [1.82, 2.24) is 20.3 Å². The number of phenolic OH excluding ortho intramolecular Hbond substituents is 1. The van der Waals surface area contributed by atoms with Gasteiger partial charge in [-0.2, -0.15) is 0 Å². The Balaban J connectivity index is 1.72. The molecule has 0 saturated carbocycles. The van der Waals surface area contributed by atoms with E-state index in [1.165, 1.54) is 0 Å². The minimum Gasteiger partial charge on any atom is -0.507 e. The summed E-state index contributed by atoms with van der Waals surface area (Å²) in [5.41, 5.74) is 0.910. The molecular formula is C16H18N4O. The summed E-state index contributed by atoms with van der Waals surface area (Å²) in [5, 5.41) is 23.5. The smallest absolute Gasteiger partial charge is 0.128 e. The van der Waals surface area contributed by atoms with Crippen LogP contribution in [0.15, 0.2) is 48.8 Å². The van der Waals surface area contributed by atoms with Crippen LogP contribution in [0.2, 0.25) is 0 Å². The number of aromatic hydroxyl groups is 1. The Labute approximate surface area is 123 Å². The number of phenols is 1. The summed E-state index contributed by atoms with van der Waals surface area (Å²) in [5.74, 6) is 0.355. The molecule has 0 saturated heterocycles. The molecule has 1 aromatic heterocycles. The van der Waals surface area contributed by atoms with Crippen LogP contribution in [-0.4, -0.2) is 26.6 Å². The van der Waals surface area contributed by atoms with Crippen LogP contribution in [0.3, 0.4) is 0 Å². The molecule has 3 aromatic rings. The molecule has 2 N–H and O–H groups in total. The van der Waals surface area contributed by atoms with Crippen molar-refractivity contribution in [3.05, 3.63) is 54.4 Å². The first-order chi connectivity index (χ1) is 10.3. The van der Waals surface area contributed by atoms with E-state index in [-0.39, 0.29) is 6.04 Å². The molecular weight excluding hydrogens is 264 g/mol. The SMILES string of the molecule is CC(NCCn1ccnn1)c1ccc2ccccc2c1O. The molecule has 2 aromatic carbocycles. The van der Waals surface area contributed by atoms with Crippen LogP contribution in [0.1, 0.15) is 18.5 Å². The second kappa shape index (κ2) is 5.93. The highest BCUT2D eigenvalue weighted by Crippen LogP contribution is 2.32. The number of hydrogen-bond donors (Lipinski definition) is 2. The molecule has 0 aliphatic rings. The lowest BCUT2D eigenvalue weighted by atomic mass is 10.0. The van der Waals surface area contributed by atoms with Gasteiger partial charge in [0.2, 0.25) is 0 Å². The average molecular weight is 282 g/mol. The van der Waals surface area contributed by atoms with Crippen LogP contribution in [-0.2, 0) is 6.54 Å². The van der Waals surface area contributed by atoms with E-state index in [9.17, 15) is 5.11 Å². The maximum Gasteiger partial charge on any atom is 0.128 e. The number of nitrogens with zero attached hydrogens (tertiary/aromatic N) is 3. The van der Waals surface area contributed by atoms with Crippen LogP contribution >= 0.6 is 0 Å². The summed E-state index contributed by atoms with van der Waals surface area (Å²) >= 11 is 0. The maximum absolute atomic E-state index is 10.4. The number of hydrogen-bond acceptors (Lipinski definition) is 4. The zero-order valence-corrected chi connectivity index (χ0v) is 11.9. The molecule has 0 aliphatic carbocycles. The van der Waals surface area contributed by atoms with E-state index in [0.717, 1.165) is 29.4 Å². The Morgan fingerprint density at radius 3 is 2.90 bits per heavy atom. The van der Waals surface area contributed by atoms with E-state index in [4.69, 9.17) is 0 Å². The zero-order valence-electron chi connectivity index (χ0n) is 11.9. The van der Waals surface area contributed by atoms with Gasteiger partial charge >= 0.3 is 0 Å². The first-order valence-electron chi connectivity index (χ1n) is 7.04. The molecule has 0 fully saturated rings. The minimum absolute atomic E-state index is 0.0677. The molecule has 0 bridgehead atoms. The van der Waals surface area contributed by atoms with Gasteiger partial charge in [-0.15, -0.1) is 5.10 Å². The number of fused-ring (bicyclic) bond motifs is 1. The first-order valence-corrected chi connectivity index (χ1v) is 7.04. The van der Waals surface area contributed by atoms with Crippen molar-refractivity contribution in [1.29, 1.82) is 0 Å². The number of aromatic nitrogens is 3. The van der Waals surface area contributed by atoms with Crippen LogP contribution in [0.25, 0.3) is 10.8 Å². The van der Waals surface area contributed by atoms with E-state index in [0.29, 0.717) is 5.75 Å². The molecule has 1 unspecified atom stereocenters. The molecule has 1 heterocycles. The van der Waals surface area contributed by atoms with Crippen molar-refractivity contribution in [3.63, 3.8) is 0 Å². The Bertz CT molecular complexity index is 724. The largest absolute Gasteiger partial charge is 0.507 e. The van der Waals surface area contributed by atoms with Gasteiger partial charge in [0.25, 0.3) is 0 Å². The highest BCUT2D eigenvalue weighted by Gasteiger charge is 2.12. The predicted molar refractivity (Wildman–Crippen MR) is 82.1 cm³/mol. The third kappa shape index (κ3) is 2.87. The fraction of sp³-hybridized carbons (Fsp3) is 0.250. The molecule has 108 valence electrons. The average Bonchev–Trinajstić information content (AvgIpc) is 3.01. The van der Waals surface area contributed by atoms with Gasteiger partial charge in [-0.1, -0.05) is 41.6 Å². The van der Waals surface area contributed by atoms with Gasteiger partial charge < -0.3 is 10.4 Å². The lowest BCUT2D eigenvalue weighted by Crippen LogP contribution is -2.23. The van der Waals surface area contributed by atoms with E-state index < -0.39 is 0 Å². The molecule has 0 aliphatic heterocycles. The second-order valence-electron chi connectivity index (χ2n) is 5.07. The van der Waals surface area contributed by atoms with Gasteiger partial charge in [0, 0.05) is 29.7 Å². The topological polar surface area (TPSA) is 63.0 Å². The van der Waals surface area contributed by atoms with Crippen molar-refractivity contribution in [2.45, 2.75) is 19.5 Å². The standard InChI is InChI=1S/C16H18N4O/c1-12(17-8-10-20-11-9-18-19-20)14-7-6-13-4-2-3-5-15(13)16(14)21/h2-7,9,11-12,17,21H,8,10H2,1H3. The fourth-order valence-corrected chi connectivity index (χ4v) is 2.48.